The van der Waals surface area contributed by atoms with E-state index in [0.717, 1.165) is 12.8 Å². The van der Waals surface area contributed by atoms with E-state index in [0.29, 0.717) is 37.6 Å². The van der Waals surface area contributed by atoms with Crippen LogP contribution in [0.2, 0.25) is 0 Å². The number of imidazole rings is 1. The predicted molar refractivity (Wildman–Crippen MR) is 90.4 cm³/mol. The molecule has 25 heavy (non-hydrogen) atoms. The molecule has 2 saturated heterocycles. The molecule has 1 N–H and O–H groups in total. The van der Waals surface area contributed by atoms with Crippen molar-refractivity contribution in [1.29, 1.82) is 0 Å². The zero-order valence-electron chi connectivity index (χ0n) is 13.8. The van der Waals surface area contributed by atoms with Gasteiger partial charge in [-0.2, -0.15) is 0 Å². The molecule has 8 nitrogen and oxygen atoms in total. The van der Waals surface area contributed by atoms with Crippen molar-refractivity contribution in [3.8, 4) is 5.82 Å². The molecule has 1 atom stereocenters. The Hall–Kier alpha value is -2.90. The number of amides is 3. The molecule has 2 aliphatic heterocycles. The molecule has 130 valence electrons. The first kappa shape index (κ1) is 15.6. The van der Waals surface area contributed by atoms with Crippen molar-refractivity contribution in [2.24, 2.45) is 0 Å². The summed E-state index contributed by atoms with van der Waals surface area (Å²) in [5.41, 5.74) is 0.602. The fourth-order valence-corrected chi connectivity index (χ4v) is 3.50. The second kappa shape index (κ2) is 6.54. The Balaban J connectivity index is 1.50. The number of pyridine rings is 1. The fraction of sp³-hybridized carbons (Fsp3) is 0.412. The number of nitrogens with zero attached hydrogens (tertiary/aromatic N) is 5. The molecule has 2 aliphatic rings. The maximum Gasteiger partial charge on any atom is 0.317 e. The molecule has 0 spiro atoms. The monoisotopic (exact) mass is 340 g/mol. The van der Waals surface area contributed by atoms with Crippen LogP contribution in [0.15, 0.2) is 37.1 Å². The highest BCUT2D eigenvalue weighted by molar-refractivity contribution is 5.94. The van der Waals surface area contributed by atoms with Crippen LogP contribution in [0, 0.1) is 0 Å². The third-order valence-corrected chi connectivity index (χ3v) is 4.78. The Bertz CT molecular complexity index is 775. The van der Waals surface area contributed by atoms with Crippen LogP contribution in [0.5, 0.6) is 0 Å². The van der Waals surface area contributed by atoms with E-state index < -0.39 is 0 Å². The lowest BCUT2D eigenvalue weighted by molar-refractivity contribution is 0.0634. The average molecular weight is 340 g/mol. The number of hydrogen-bond donors (Lipinski definition) is 1. The second-order valence-corrected chi connectivity index (χ2v) is 6.35. The topological polar surface area (TPSA) is 83.4 Å². The van der Waals surface area contributed by atoms with Crippen molar-refractivity contribution in [2.75, 3.05) is 26.2 Å². The van der Waals surface area contributed by atoms with Gasteiger partial charge in [0.2, 0.25) is 0 Å². The maximum atomic E-state index is 12.9. The summed E-state index contributed by atoms with van der Waals surface area (Å²) in [7, 11) is 0. The van der Waals surface area contributed by atoms with Crippen LogP contribution in [-0.2, 0) is 0 Å². The Labute approximate surface area is 145 Å². The number of carbonyl (C=O) groups is 2. The van der Waals surface area contributed by atoms with E-state index in [4.69, 9.17) is 0 Å². The zero-order chi connectivity index (χ0) is 17.2. The third kappa shape index (κ3) is 3.07. The summed E-state index contributed by atoms with van der Waals surface area (Å²) in [5, 5.41) is 2.83. The first-order valence-electron chi connectivity index (χ1n) is 8.50. The summed E-state index contributed by atoms with van der Waals surface area (Å²) >= 11 is 0. The van der Waals surface area contributed by atoms with Crippen molar-refractivity contribution in [3.05, 3.63) is 42.6 Å². The van der Waals surface area contributed by atoms with Crippen molar-refractivity contribution < 1.29 is 9.59 Å². The number of carbonyl (C=O) groups excluding carboxylic acids is 2. The molecule has 2 aromatic heterocycles. The van der Waals surface area contributed by atoms with Crippen LogP contribution in [-0.4, -0.2) is 68.5 Å². The Morgan fingerprint density at radius 2 is 2.20 bits per heavy atom. The van der Waals surface area contributed by atoms with Gasteiger partial charge in [-0.25, -0.2) is 14.8 Å². The number of urea groups is 1. The standard InChI is InChI=1S/C17H20N6O2/c24-16(13-3-4-19-15(10-13)22-8-5-18-12-22)21-7-1-2-14(11-21)23-9-6-20-17(23)25/h3-5,8,10,12,14H,1-2,6-7,9,11H2,(H,20,25). The van der Waals surface area contributed by atoms with Gasteiger partial charge < -0.3 is 15.1 Å². The summed E-state index contributed by atoms with van der Waals surface area (Å²) in [4.78, 5) is 36.8. The van der Waals surface area contributed by atoms with E-state index in [1.807, 2.05) is 9.80 Å². The molecular weight excluding hydrogens is 320 g/mol. The molecular formula is C17H20N6O2. The summed E-state index contributed by atoms with van der Waals surface area (Å²) < 4.78 is 1.77. The predicted octanol–water partition coefficient (Wildman–Crippen LogP) is 0.897. The minimum Gasteiger partial charge on any atom is -0.337 e. The Morgan fingerprint density at radius 1 is 1.28 bits per heavy atom. The van der Waals surface area contributed by atoms with Crippen molar-refractivity contribution >= 4 is 11.9 Å². The van der Waals surface area contributed by atoms with Crippen molar-refractivity contribution in [3.63, 3.8) is 0 Å². The highest BCUT2D eigenvalue weighted by Crippen LogP contribution is 2.20. The summed E-state index contributed by atoms with van der Waals surface area (Å²) in [6, 6.07) is 3.58. The molecule has 0 aliphatic carbocycles. The normalized spacial score (nSPS) is 20.6. The smallest absolute Gasteiger partial charge is 0.317 e. The molecule has 0 saturated carbocycles. The maximum absolute atomic E-state index is 12.9. The van der Waals surface area contributed by atoms with Gasteiger partial charge in [0.05, 0.1) is 6.04 Å². The lowest BCUT2D eigenvalue weighted by Gasteiger charge is -2.37. The highest BCUT2D eigenvalue weighted by Gasteiger charge is 2.33. The molecule has 1 unspecified atom stereocenters. The van der Waals surface area contributed by atoms with Crippen LogP contribution in [0.1, 0.15) is 23.2 Å². The molecule has 3 amide bonds. The number of aromatic nitrogens is 3. The van der Waals surface area contributed by atoms with Gasteiger partial charge in [-0.15, -0.1) is 0 Å². The molecule has 4 rings (SSSR count). The minimum absolute atomic E-state index is 0.0203. The second-order valence-electron chi connectivity index (χ2n) is 6.35. The first-order chi connectivity index (χ1) is 12.2. The van der Waals surface area contributed by atoms with Crippen LogP contribution in [0.3, 0.4) is 0 Å². The fourth-order valence-electron chi connectivity index (χ4n) is 3.50. The number of likely N-dealkylation sites (tertiary alicyclic amines) is 1. The lowest BCUT2D eigenvalue weighted by Crippen LogP contribution is -2.50. The van der Waals surface area contributed by atoms with Gasteiger partial charge in [-0.3, -0.25) is 9.36 Å². The van der Waals surface area contributed by atoms with E-state index in [1.165, 1.54) is 0 Å². The van der Waals surface area contributed by atoms with Crippen molar-refractivity contribution in [2.45, 2.75) is 18.9 Å². The van der Waals surface area contributed by atoms with Gasteiger partial charge in [-0.05, 0) is 25.0 Å². The minimum atomic E-state index is -0.0226. The van der Waals surface area contributed by atoms with E-state index in [2.05, 4.69) is 15.3 Å². The number of piperidine rings is 1. The molecule has 8 heteroatoms. The van der Waals surface area contributed by atoms with Gasteiger partial charge in [0.15, 0.2) is 0 Å². The van der Waals surface area contributed by atoms with Gasteiger partial charge in [0, 0.05) is 50.3 Å². The Kier molecular flexibility index (Phi) is 4.09. The number of hydrogen-bond acceptors (Lipinski definition) is 4. The average Bonchev–Trinajstić information content (AvgIpc) is 3.33. The number of nitrogens with one attached hydrogen (secondary N) is 1. The quantitative estimate of drug-likeness (QED) is 0.900. The Morgan fingerprint density at radius 3 is 2.96 bits per heavy atom. The van der Waals surface area contributed by atoms with E-state index >= 15 is 0 Å². The third-order valence-electron chi connectivity index (χ3n) is 4.78. The molecule has 0 radical (unpaired) electrons. The zero-order valence-corrected chi connectivity index (χ0v) is 13.8. The van der Waals surface area contributed by atoms with Crippen LogP contribution in [0.25, 0.3) is 5.82 Å². The van der Waals surface area contributed by atoms with Gasteiger partial charge in [-0.1, -0.05) is 0 Å². The molecule has 4 heterocycles. The van der Waals surface area contributed by atoms with Crippen LogP contribution >= 0.6 is 0 Å². The molecule has 2 fully saturated rings. The lowest BCUT2D eigenvalue weighted by atomic mass is 10.0. The van der Waals surface area contributed by atoms with E-state index in [1.54, 1.807) is 41.6 Å². The van der Waals surface area contributed by atoms with E-state index in [-0.39, 0.29) is 18.0 Å². The molecule has 0 aromatic carbocycles. The van der Waals surface area contributed by atoms with E-state index in [9.17, 15) is 9.59 Å². The van der Waals surface area contributed by atoms with Crippen LogP contribution in [0.4, 0.5) is 4.79 Å². The van der Waals surface area contributed by atoms with Crippen LogP contribution < -0.4 is 5.32 Å². The van der Waals surface area contributed by atoms with Gasteiger partial charge in [0.25, 0.3) is 5.91 Å². The number of rotatable bonds is 3. The summed E-state index contributed by atoms with van der Waals surface area (Å²) in [6.07, 6.45) is 8.59. The van der Waals surface area contributed by atoms with Crippen molar-refractivity contribution in [1.82, 2.24) is 29.7 Å². The molecule has 2 aromatic rings. The largest absolute Gasteiger partial charge is 0.337 e. The highest BCUT2D eigenvalue weighted by atomic mass is 16.2. The SMILES string of the molecule is O=C(c1ccnc(-n2ccnc2)c1)N1CCCC(N2CCNC2=O)C1. The molecule has 0 bridgehead atoms. The summed E-state index contributed by atoms with van der Waals surface area (Å²) in [6.45, 7) is 2.69. The summed E-state index contributed by atoms with van der Waals surface area (Å²) in [5.74, 6) is 0.643. The van der Waals surface area contributed by atoms with Gasteiger partial charge >= 0.3 is 6.03 Å². The van der Waals surface area contributed by atoms with Gasteiger partial charge in [0.1, 0.15) is 12.1 Å². The first-order valence-corrected chi connectivity index (χ1v) is 8.50.